The first-order valence-electron chi connectivity index (χ1n) is 11.0. The minimum absolute atomic E-state index is 0.278. The van der Waals surface area contributed by atoms with Crippen LogP contribution in [0.25, 0.3) is 33.1 Å². The van der Waals surface area contributed by atoms with Crippen molar-refractivity contribution >= 4 is 61.1 Å². The summed E-state index contributed by atoms with van der Waals surface area (Å²) >= 11 is 15.8. The van der Waals surface area contributed by atoms with Crippen LogP contribution in [0.4, 0.5) is 0 Å². The van der Waals surface area contributed by atoms with Gasteiger partial charge in [0.05, 0.1) is 11.1 Å². The van der Waals surface area contributed by atoms with Gasteiger partial charge in [-0.1, -0.05) is 45.2 Å². The molecule has 0 atom stereocenters. The van der Waals surface area contributed by atoms with Crippen LogP contribution in [0.15, 0.2) is 83.6 Å². The average Bonchev–Trinajstić information content (AvgIpc) is 2.85. The topological polar surface area (TPSA) is 72.9 Å². The molecule has 0 aliphatic carbocycles. The van der Waals surface area contributed by atoms with Gasteiger partial charge in [-0.05, 0) is 54.1 Å². The molecule has 0 saturated heterocycles. The van der Waals surface area contributed by atoms with Crippen molar-refractivity contribution in [3.8, 4) is 16.9 Å². The van der Waals surface area contributed by atoms with E-state index in [9.17, 15) is 9.59 Å². The molecule has 0 fully saturated rings. The maximum Gasteiger partial charge on any atom is 0.344 e. The molecule has 180 valence electrons. The highest BCUT2D eigenvalue weighted by Gasteiger charge is 2.24. The fourth-order valence-corrected chi connectivity index (χ4v) is 5.32. The number of rotatable bonds is 3. The highest BCUT2D eigenvalue weighted by atomic mass is 79.9. The van der Waals surface area contributed by atoms with E-state index in [4.69, 9.17) is 36.8 Å². The fourth-order valence-electron chi connectivity index (χ4n) is 4.48. The van der Waals surface area contributed by atoms with Gasteiger partial charge >= 0.3 is 11.3 Å². The molecule has 1 aliphatic heterocycles. The Bertz CT molecular complexity index is 1800. The van der Waals surface area contributed by atoms with Crippen molar-refractivity contribution in [3.05, 3.63) is 107 Å². The molecular weight excluding hydrogens is 569 g/mol. The molecule has 5 aromatic rings. The van der Waals surface area contributed by atoms with Crippen LogP contribution in [0.1, 0.15) is 11.1 Å². The number of benzene rings is 3. The molecule has 0 amide bonds. The number of ether oxygens (including phenoxy) is 1. The molecular formula is C27H16BrCl2NO5. The van der Waals surface area contributed by atoms with E-state index in [-0.39, 0.29) is 5.56 Å². The lowest BCUT2D eigenvalue weighted by Crippen LogP contribution is -2.31. The fraction of sp³-hybridized carbons (Fsp3) is 0.111. The highest BCUT2D eigenvalue weighted by molar-refractivity contribution is 9.10. The third-order valence-electron chi connectivity index (χ3n) is 6.15. The smallest absolute Gasteiger partial charge is 0.344 e. The molecule has 3 heterocycles. The second-order valence-electron chi connectivity index (χ2n) is 8.52. The summed E-state index contributed by atoms with van der Waals surface area (Å²) in [5.41, 5.74) is 2.06. The van der Waals surface area contributed by atoms with E-state index in [1.54, 1.807) is 36.4 Å². The molecule has 0 saturated carbocycles. The van der Waals surface area contributed by atoms with Gasteiger partial charge in [0, 0.05) is 50.0 Å². The lowest BCUT2D eigenvalue weighted by Gasteiger charge is -2.29. The third kappa shape index (κ3) is 4.22. The van der Waals surface area contributed by atoms with Gasteiger partial charge < -0.3 is 13.6 Å². The molecule has 9 heteroatoms. The maximum atomic E-state index is 12.9. The van der Waals surface area contributed by atoms with Gasteiger partial charge in [0.15, 0.2) is 0 Å². The van der Waals surface area contributed by atoms with Crippen LogP contribution in [0.3, 0.4) is 0 Å². The van der Waals surface area contributed by atoms with Crippen molar-refractivity contribution in [1.82, 2.24) is 4.90 Å². The summed E-state index contributed by atoms with van der Waals surface area (Å²) in [6, 6.07) is 17.4. The minimum Gasteiger partial charge on any atom is -0.478 e. The minimum atomic E-state index is -0.572. The van der Waals surface area contributed by atoms with Gasteiger partial charge in [-0.25, -0.2) is 9.59 Å². The lowest BCUT2D eigenvalue weighted by molar-refractivity contribution is 0.0890. The average molecular weight is 585 g/mol. The Hall–Kier alpha value is -3.10. The molecule has 2 aromatic heterocycles. The SMILES string of the molecule is O=c1cc(-c2cc3cc(Br)ccc3oc2=O)c2ccc3c(c2o1)CN(Cc1ccc(Cl)cc1Cl)CO3. The Morgan fingerprint density at radius 2 is 1.78 bits per heavy atom. The second kappa shape index (κ2) is 9.09. The van der Waals surface area contributed by atoms with Gasteiger partial charge in [0.1, 0.15) is 23.6 Å². The van der Waals surface area contributed by atoms with Crippen molar-refractivity contribution in [1.29, 1.82) is 0 Å². The molecule has 0 unspecified atom stereocenters. The normalized spacial score (nSPS) is 13.6. The summed E-state index contributed by atoms with van der Waals surface area (Å²) in [7, 11) is 0. The summed E-state index contributed by atoms with van der Waals surface area (Å²) < 4.78 is 18.0. The van der Waals surface area contributed by atoms with Gasteiger partial charge in [-0.3, -0.25) is 4.90 Å². The van der Waals surface area contributed by atoms with Crippen LogP contribution in [-0.2, 0) is 13.1 Å². The molecule has 0 N–H and O–H groups in total. The maximum absolute atomic E-state index is 12.9. The first-order valence-corrected chi connectivity index (χ1v) is 12.5. The predicted molar refractivity (Wildman–Crippen MR) is 143 cm³/mol. The summed E-state index contributed by atoms with van der Waals surface area (Å²) in [5.74, 6) is 0.621. The number of hydrogen-bond acceptors (Lipinski definition) is 6. The Morgan fingerprint density at radius 3 is 2.61 bits per heavy atom. The van der Waals surface area contributed by atoms with Gasteiger partial charge in [0.2, 0.25) is 0 Å². The zero-order valence-electron chi connectivity index (χ0n) is 18.5. The molecule has 36 heavy (non-hydrogen) atoms. The van der Waals surface area contributed by atoms with Crippen molar-refractivity contribution in [2.45, 2.75) is 13.1 Å². The van der Waals surface area contributed by atoms with E-state index in [2.05, 4.69) is 15.9 Å². The monoisotopic (exact) mass is 583 g/mol. The van der Waals surface area contributed by atoms with Crippen LogP contribution in [0.5, 0.6) is 5.75 Å². The molecule has 0 bridgehead atoms. The summed E-state index contributed by atoms with van der Waals surface area (Å²) in [6.07, 6.45) is 0. The van der Waals surface area contributed by atoms with Crippen molar-refractivity contribution in [2.24, 2.45) is 0 Å². The van der Waals surface area contributed by atoms with E-state index >= 15 is 0 Å². The van der Waals surface area contributed by atoms with Gasteiger partial charge in [-0.15, -0.1) is 0 Å². The molecule has 6 nitrogen and oxygen atoms in total. The summed E-state index contributed by atoms with van der Waals surface area (Å²) in [4.78, 5) is 27.6. The van der Waals surface area contributed by atoms with Crippen LogP contribution < -0.4 is 16.0 Å². The summed E-state index contributed by atoms with van der Waals surface area (Å²) in [6.45, 7) is 1.31. The first kappa shape index (κ1) is 23.3. The van der Waals surface area contributed by atoms with E-state index in [1.165, 1.54) is 6.07 Å². The molecule has 6 rings (SSSR count). The van der Waals surface area contributed by atoms with Gasteiger partial charge in [-0.2, -0.15) is 0 Å². The lowest BCUT2D eigenvalue weighted by atomic mass is 9.99. The Kier molecular flexibility index (Phi) is 5.88. The van der Waals surface area contributed by atoms with Crippen LogP contribution >= 0.6 is 39.1 Å². The van der Waals surface area contributed by atoms with Crippen molar-refractivity contribution in [3.63, 3.8) is 0 Å². The van der Waals surface area contributed by atoms with E-state index in [0.717, 1.165) is 21.0 Å². The highest BCUT2D eigenvalue weighted by Crippen LogP contribution is 2.37. The molecule has 0 spiro atoms. The number of hydrogen-bond donors (Lipinski definition) is 0. The number of nitrogens with zero attached hydrogens (tertiary/aromatic N) is 1. The standard InChI is InChI=1S/C27H16BrCl2NO5/c28-16-2-5-23-15(7-16)8-20(27(33)35-23)19-10-25(32)36-26-18(19)4-6-24-21(26)12-31(13-34-24)11-14-1-3-17(29)9-22(14)30/h1-10H,11-13H2. The number of fused-ring (bicyclic) bond motifs is 4. The van der Waals surface area contributed by atoms with Gasteiger partial charge in [0.25, 0.3) is 0 Å². The quantitative estimate of drug-likeness (QED) is 0.213. The molecule has 1 aliphatic rings. The molecule has 3 aromatic carbocycles. The third-order valence-corrected chi connectivity index (χ3v) is 7.23. The first-order chi connectivity index (χ1) is 17.4. The Balaban J connectivity index is 1.46. The Labute approximate surface area is 222 Å². The summed E-state index contributed by atoms with van der Waals surface area (Å²) in [5, 5.41) is 2.47. The Morgan fingerprint density at radius 1 is 0.917 bits per heavy atom. The van der Waals surface area contributed by atoms with Crippen molar-refractivity contribution < 1.29 is 13.6 Å². The number of halogens is 3. The second-order valence-corrected chi connectivity index (χ2v) is 10.3. The van der Waals surface area contributed by atoms with Crippen LogP contribution in [0.2, 0.25) is 10.0 Å². The van der Waals surface area contributed by atoms with E-state index in [1.807, 2.05) is 23.1 Å². The van der Waals surface area contributed by atoms with Crippen molar-refractivity contribution in [2.75, 3.05) is 6.73 Å². The van der Waals surface area contributed by atoms with Crippen LogP contribution in [-0.4, -0.2) is 11.6 Å². The van der Waals surface area contributed by atoms with E-state index < -0.39 is 11.3 Å². The predicted octanol–water partition coefficient (Wildman–Crippen LogP) is 6.99. The zero-order chi connectivity index (χ0) is 25.0. The van der Waals surface area contributed by atoms with Crippen LogP contribution in [0, 0.1) is 0 Å². The van der Waals surface area contributed by atoms with E-state index in [0.29, 0.717) is 57.7 Å². The largest absolute Gasteiger partial charge is 0.478 e. The molecule has 0 radical (unpaired) electrons. The zero-order valence-corrected chi connectivity index (χ0v) is 21.6.